The molecule has 0 atom stereocenters. The van der Waals surface area contributed by atoms with Gasteiger partial charge >= 0.3 is 15.2 Å². The van der Waals surface area contributed by atoms with Crippen molar-refractivity contribution in [3.8, 4) is 0 Å². The zero-order valence-electron chi connectivity index (χ0n) is 18.6. The Morgan fingerprint density at radius 2 is 0.857 bits per heavy atom. The molecular formula is C16H37NNa3O6P2. The molecule has 0 saturated heterocycles. The topological polar surface area (TPSA) is 118 Å². The first-order valence-corrected chi connectivity index (χ1v) is 13.0. The Labute approximate surface area is 237 Å². The third kappa shape index (κ3) is 31.4. The Morgan fingerprint density at radius 3 is 1.14 bits per heavy atom. The molecule has 0 rings (SSSR count). The molecule has 12 heteroatoms. The van der Waals surface area contributed by atoms with E-state index < -0.39 is 27.8 Å². The van der Waals surface area contributed by atoms with Gasteiger partial charge in [-0.3, -0.25) is 14.0 Å². The second kappa shape index (κ2) is 23.4. The normalized spacial score (nSPS) is 11.5. The van der Waals surface area contributed by atoms with E-state index in [1.807, 2.05) is 0 Å². The van der Waals surface area contributed by atoms with Crippen LogP contribution < -0.4 is 0 Å². The minimum absolute atomic E-state index is 0. The molecule has 0 fully saturated rings. The van der Waals surface area contributed by atoms with Crippen molar-refractivity contribution in [2.75, 3.05) is 19.1 Å². The zero-order valence-corrected chi connectivity index (χ0v) is 26.3. The van der Waals surface area contributed by atoms with Gasteiger partial charge in [0.2, 0.25) is 0 Å². The van der Waals surface area contributed by atoms with Crippen LogP contribution in [0, 0.1) is 0 Å². The molecule has 4 N–H and O–H groups in total. The summed E-state index contributed by atoms with van der Waals surface area (Å²) in [5, 5.41) is 0. The molecule has 0 amide bonds. The van der Waals surface area contributed by atoms with Crippen LogP contribution in [0.4, 0.5) is 0 Å². The Morgan fingerprint density at radius 1 is 0.571 bits per heavy atom. The van der Waals surface area contributed by atoms with Gasteiger partial charge in [-0.25, -0.2) is 0 Å². The molecule has 3 radical (unpaired) electrons. The molecule has 0 aliphatic rings. The maximum absolute atomic E-state index is 11.0. The van der Waals surface area contributed by atoms with Crippen LogP contribution in [0.25, 0.3) is 0 Å². The molecule has 0 unspecified atom stereocenters. The zero-order chi connectivity index (χ0) is 19.2. The van der Waals surface area contributed by atoms with Gasteiger partial charge in [0.1, 0.15) is 12.6 Å². The van der Waals surface area contributed by atoms with E-state index >= 15 is 0 Å². The summed E-state index contributed by atoms with van der Waals surface area (Å²) in [6.07, 6.45) is 13.0. The molecule has 0 aromatic heterocycles. The van der Waals surface area contributed by atoms with Crippen molar-refractivity contribution in [1.29, 1.82) is 0 Å². The van der Waals surface area contributed by atoms with Gasteiger partial charge in [0.05, 0.1) is 0 Å². The van der Waals surface area contributed by atoms with Crippen LogP contribution in [0.1, 0.15) is 84.0 Å². The molecule has 0 bridgehead atoms. The van der Waals surface area contributed by atoms with Crippen LogP contribution in [-0.2, 0) is 9.13 Å². The monoisotopic (exact) mass is 470 g/mol. The third-order valence-corrected chi connectivity index (χ3v) is 5.63. The second-order valence-electron chi connectivity index (χ2n) is 6.90. The van der Waals surface area contributed by atoms with Gasteiger partial charge < -0.3 is 19.6 Å². The average Bonchev–Trinajstić information content (AvgIpc) is 2.45. The predicted octanol–water partition coefficient (Wildman–Crippen LogP) is 3.12. The SMILES string of the molecule is CCCCCCCCCCCCCCN(CP(=O)(O)O)CP(=O)(O)O.[Na].[Na].[Na]. The van der Waals surface area contributed by atoms with Gasteiger partial charge in [0.25, 0.3) is 0 Å². The Hall–Kier alpha value is 3.26. The van der Waals surface area contributed by atoms with Crippen LogP contribution in [0.15, 0.2) is 0 Å². The Kier molecular flexibility index (Phi) is 32.2. The Balaban J connectivity index is -0.000000960. The quantitative estimate of drug-likeness (QED) is 0.147. The summed E-state index contributed by atoms with van der Waals surface area (Å²) >= 11 is 0. The van der Waals surface area contributed by atoms with E-state index in [0.717, 1.165) is 19.3 Å². The van der Waals surface area contributed by atoms with Crippen molar-refractivity contribution in [3.63, 3.8) is 0 Å². The summed E-state index contributed by atoms with van der Waals surface area (Å²) in [4.78, 5) is 37.1. The first kappa shape index (κ1) is 38.5. The number of hydrogen-bond acceptors (Lipinski definition) is 3. The number of hydrogen-bond donors (Lipinski definition) is 4. The summed E-state index contributed by atoms with van der Waals surface area (Å²) in [7, 11) is -8.62. The molecule has 0 aliphatic carbocycles. The molecular weight excluding hydrogens is 433 g/mol. The van der Waals surface area contributed by atoms with E-state index in [2.05, 4.69) is 6.92 Å². The molecule has 0 aromatic carbocycles. The average molecular weight is 470 g/mol. The van der Waals surface area contributed by atoms with Crippen LogP contribution in [-0.4, -0.2) is 132 Å². The number of rotatable bonds is 17. The van der Waals surface area contributed by atoms with Crippen LogP contribution >= 0.6 is 15.2 Å². The van der Waals surface area contributed by atoms with Crippen molar-refractivity contribution in [2.45, 2.75) is 84.0 Å². The first-order chi connectivity index (χ1) is 11.6. The van der Waals surface area contributed by atoms with Crippen molar-refractivity contribution >= 4 is 104 Å². The maximum atomic E-state index is 11.0. The van der Waals surface area contributed by atoms with Gasteiger partial charge in [0, 0.05) is 88.7 Å². The van der Waals surface area contributed by atoms with Gasteiger partial charge in [-0.2, -0.15) is 0 Å². The molecule has 0 aliphatic heterocycles. The fourth-order valence-electron chi connectivity index (χ4n) is 2.88. The molecule has 155 valence electrons. The molecule has 0 aromatic rings. The Bertz CT molecular complexity index is 399. The molecule has 7 nitrogen and oxygen atoms in total. The van der Waals surface area contributed by atoms with Gasteiger partial charge in [-0.15, -0.1) is 0 Å². The van der Waals surface area contributed by atoms with Gasteiger partial charge in [-0.1, -0.05) is 77.6 Å². The van der Waals surface area contributed by atoms with E-state index in [-0.39, 0.29) is 88.7 Å². The summed E-state index contributed by atoms with van der Waals surface area (Å²) in [6.45, 7) is 2.52. The van der Waals surface area contributed by atoms with Crippen LogP contribution in [0.5, 0.6) is 0 Å². The van der Waals surface area contributed by atoms with Crippen LogP contribution in [0.3, 0.4) is 0 Å². The molecule has 0 heterocycles. The van der Waals surface area contributed by atoms with Crippen molar-refractivity contribution < 1.29 is 28.7 Å². The van der Waals surface area contributed by atoms with E-state index in [1.165, 1.54) is 56.3 Å². The summed E-state index contributed by atoms with van der Waals surface area (Å²) in [5.74, 6) is 0. The van der Waals surface area contributed by atoms with E-state index in [9.17, 15) is 9.13 Å². The maximum Gasteiger partial charge on any atom is 0.339 e. The van der Waals surface area contributed by atoms with Crippen LogP contribution in [0.2, 0.25) is 0 Å². The van der Waals surface area contributed by atoms with E-state index in [0.29, 0.717) is 13.0 Å². The summed E-state index contributed by atoms with van der Waals surface area (Å²) in [5.41, 5.74) is 0. The summed E-state index contributed by atoms with van der Waals surface area (Å²) < 4.78 is 22.1. The van der Waals surface area contributed by atoms with Crippen molar-refractivity contribution in [1.82, 2.24) is 4.90 Å². The largest absolute Gasteiger partial charge is 0.339 e. The van der Waals surface area contributed by atoms with Gasteiger partial charge in [-0.05, 0) is 13.0 Å². The minimum atomic E-state index is -4.31. The van der Waals surface area contributed by atoms with Gasteiger partial charge in [0.15, 0.2) is 0 Å². The fourth-order valence-corrected chi connectivity index (χ4v) is 4.57. The van der Waals surface area contributed by atoms with E-state index in [4.69, 9.17) is 19.6 Å². The minimum Gasteiger partial charge on any atom is -0.324 e. The van der Waals surface area contributed by atoms with Crippen molar-refractivity contribution in [3.05, 3.63) is 0 Å². The van der Waals surface area contributed by atoms with Crippen molar-refractivity contribution in [2.24, 2.45) is 0 Å². The fraction of sp³-hybridized carbons (Fsp3) is 1.00. The number of nitrogens with zero attached hydrogens (tertiary/aromatic N) is 1. The second-order valence-corrected chi connectivity index (χ2v) is 10.1. The standard InChI is InChI=1S/C16H37NO6P2.3Na/c1-2-3-4-5-6-7-8-9-10-11-12-13-14-17(15-24(18,19)20)16-25(21,22)23;;;/h2-16H2,1H3,(H2,18,19,20)(H2,21,22,23);;;. The molecule has 0 saturated carbocycles. The smallest absolute Gasteiger partial charge is 0.324 e. The molecule has 0 spiro atoms. The third-order valence-electron chi connectivity index (χ3n) is 4.10. The molecule has 28 heavy (non-hydrogen) atoms. The summed E-state index contributed by atoms with van der Waals surface area (Å²) in [6, 6.07) is 0. The number of unbranched alkanes of at least 4 members (excludes halogenated alkanes) is 11. The first-order valence-electron chi connectivity index (χ1n) is 9.45. The van der Waals surface area contributed by atoms with E-state index in [1.54, 1.807) is 0 Å². The predicted molar refractivity (Wildman–Crippen MR) is 119 cm³/mol.